The summed E-state index contributed by atoms with van der Waals surface area (Å²) in [5.41, 5.74) is 1.67. The summed E-state index contributed by atoms with van der Waals surface area (Å²) in [6, 6.07) is 7.31. The Bertz CT molecular complexity index is 481. The molecule has 0 saturated carbocycles. The van der Waals surface area contributed by atoms with Crippen LogP contribution in [0.5, 0.6) is 0 Å². The van der Waals surface area contributed by atoms with Crippen LogP contribution in [-0.4, -0.2) is 16.1 Å². The molecule has 0 aliphatic carbocycles. The van der Waals surface area contributed by atoms with Crippen LogP contribution in [0.25, 0.3) is 0 Å². The summed E-state index contributed by atoms with van der Waals surface area (Å²) in [4.78, 5) is 22.9. The maximum absolute atomic E-state index is 11.9. The minimum absolute atomic E-state index is 0.0788. The van der Waals surface area contributed by atoms with Gasteiger partial charge in [-0.3, -0.25) is 9.59 Å². The van der Waals surface area contributed by atoms with E-state index in [-0.39, 0.29) is 17.9 Å². The molecule has 0 aliphatic rings. The number of amides is 2. The lowest BCUT2D eigenvalue weighted by Gasteiger charge is -2.21. The molecule has 19 heavy (non-hydrogen) atoms. The van der Waals surface area contributed by atoms with Gasteiger partial charge in [-0.2, -0.15) is 0 Å². The van der Waals surface area contributed by atoms with Gasteiger partial charge in [0.05, 0.1) is 10.4 Å². The highest BCUT2D eigenvalue weighted by Crippen LogP contribution is 2.21. The molecule has 0 heterocycles. The van der Waals surface area contributed by atoms with Crippen LogP contribution in [0.4, 0.5) is 5.69 Å². The topological polar surface area (TPSA) is 58.2 Å². The van der Waals surface area contributed by atoms with Gasteiger partial charge in [-0.05, 0) is 38.5 Å². The zero-order valence-corrected chi connectivity index (χ0v) is 13.2. The minimum atomic E-state index is -0.601. The molecule has 2 N–H and O–H groups in total. The van der Waals surface area contributed by atoms with Crippen LogP contribution in [0, 0.1) is 0 Å². The van der Waals surface area contributed by atoms with Crippen molar-refractivity contribution in [3.8, 4) is 0 Å². The summed E-state index contributed by atoms with van der Waals surface area (Å²) in [7, 11) is 0. The fraction of sp³-hybridized carbons (Fsp3) is 0.429. The first-order valence-corrected chi connectivity index (χ1v) is 6.87. The molecule has 5 heteroatoms. The molecule has 104 valence electrons. The van der Waals surface area contributed by atoms with Crippen molar-refractivity contribution in [2.45, 2.75) is 38.1 Å². The van der Waals surface area contributed by atoms with Crippen molar-refractivity contribution >= 4 is 33.4 Å². The van der Waals surface area contributed by atoms with E-state index in [4.69, 9.17) is 0 Å². The van der Waals surface area contributed by atoms with Gasteiger partial charge >= 0.3 is 0 Å². The summed E-state index contributed by atoms with van der Waals surface area (Å²) >= 11 is 3.32. The summed E-state index contributed by atoms with van der Waals surface area (Å²) in [5.74, 6) is -0.194. The molecule has 1 rings (SSSR count). The highest BCUT2D eigenvalue weighted by Gasteiger charge is 2.25. The molecule has 2 amide bonds. The molecule has 0 saturated heterocycles. The van der Waals surface area contributed by atoms with E-state index in [0.29, 0.717) is 0 Å². The SMILES string of the molecule is CC(=O)Nc1cccc(C(C)NC(=O)C(C)(C)Br)c1. The van der Waals surface area contributed by atoms with Gasteiger partial charge in [0.15, 0.2) is 0 Å². The molecule has 0 fully saturated rings. The predicted molar refractivity (Wildman–Crippen MR) is 80.3 cm³/mol. The predicted octanol–water partition coefficient (Wildman–Crippen LogP) is 3.00. The number of benzene rings is 1. The van der Waals surface area contributed by atoms with Gasteiger partial charge in [0.25, 0.3) is 0 Å². The molecule has 1 unspecified atom stereocenters. The molecule has 0 spiro atoms. The van der Waals surface area contributed by atoms with Crippen LogP contribution in [-0.2, 0) is 9.59 Å². The fourth-order valence-electron chi connectivity index (χ4n) is 1.54. The number of carbonyl (C=O) groups is 2. The third-order valence-corrected chi connectivity index (χ3v) is 2.95. The molecule has 0 aromatic heterocycles. The van der Waals surface area contributed by atoms with Crippen LogP contribution >= 0.6 is 15.9 Å². The fourth-order valence-corrected chi connectivity index (χ4v) is 1.66. The number of carbonyl (C=O) groups excluding carboxylic acids is 2. The Morgan fingerprint density at radius 2 is 1.95 bits per heavy atom. The van der Waals surface area contributed by atoms with Crippen molar-refractivity contribution in [2.24, 2.45) is 0 Å². The largest absolute Gasteiger partial charge is 0.348 e. The van der Waals surface area contributed by atoms with Crippen molar-refractivity contribution in [1.82, 2.24) is 5.32 Å². The molecular weight excluding hydrogens is 308 g/mol. The van der Waals surface area contributed by atoms with Crippen molar-refractivity contribution in [3.05, 3.63) is 29.8 Å². The molecule has 0 radical (unpaired) electrons. The zero-order chi connectivity index (χ0) is 14.6. The number of rotatable bonds is 4. The Kier molecular flexibility index (Phi) is 5.11. The highest BCUT2D eigenvalue weighted by molar-refractivity contribution is 9.10. The highest BCUT2D eigenvalue weighted by atomic mass is 79.9. The van der Waals surface area contributed by atoms with E-state index in [9.17, 15) is 9.59 Å². The molecular formula is C14H19BrN2O2. The quantitative estimate of drug-likeness (QED) is 0.835. The monoisotopic (exact) mass is 326 g/mol. The van der Waals surface area contributed by atoms with E-state index >= 15 is 0 Å². The molecule has 1 atom stereocenters. The second kappa shape index (κ2) is 6.19. The molecule has 0 bridgehead atoms. The van der Waals surface area contributed by atoms with E-state index in [1.54, 1.807) is 13.8 Å². The number of anilines is 1. The summed E-state index contributed by atoms with van der Waals surface area (Å²) < 4.78 is -0.601. The Morgan fingerprint density at radius 3 is 2.47 bits per heavy atom. The Morgan fingerprint density at radius 1 is 1.32 bits per heavy atom. The van der Waals surface area contributed by atoms with Gasteiger partial charge in [-0.25, -0.2) is 0 Å². The standard InChI is InChI=1S/C14H19BrN2O2/c1-9(16-13(19)14(3,4)15)11-6-5-7-12(8-11)17-10(2)18/h5-9H,1-4H3,(H,16,19)(H,17,18). The van der Waals surface area contributed by atoms with Crippen LogP contribution in [0.1, 0.15) is 39.3 Å². The van der Waals surface area contributed by atoms with Crippen LogP contribution in [0.3, 0.4) is 0 Å². The number of nitrogens with one attached hydrogen (secondary N) is 2. The molecule has 1 aromatic rings. The second-order valence-corrected chi connectivity index (χ2v) is 6.96. The average molecular weight is 327 g/mol. The van der Waals surface area contributed by atoms with E-state index in [1.165, 1.54) is 6.92 Å². The Labute approximate surface area is 122 Å². The van der Waals surface area contributed by atoms with E-state index in [1.807, 2.05) is 31.2 Å². The van der Waals surface area contributed by atoms with Crippen LogP contribution in [0.2, 0.25) is 0 Å². The minimum Gasteiger partial charge on any atom is -0.348 e. The van der Waals surface area contributed by atoms with Gasteiger partial charge in [0, 0.05) is 12.6 Å². The lowest BCUT2D eigenvalue weighted by molar-refractivity contribution is -0.123. The van der Waals surface area contributed by atoms with E-state index < -0.39 is 4.32 Å². The van der Waals surface area contributed by atoms with Crippen LogP contribution in [0.15, 0.2) is 24.3 Å². The summed E-state index contributed by atoms with van der Waals surface area (Å²) in [6.45, 7) is 6.96. The lowest BCUT2D eigenvalue weighted by Crippen LogP contribution is -2.38. The third kappa shape index (κ3) is 5.03. The lowest BCUT2D eigenvalue weighted by atomic mass is 10.1. The third-order valence-electron chi connectivity index (χ3n) is 2.59. The van der Waals surface area contributed by atoms with Gasteiger partial charge in [-0.15, -0.1) is 0 Å². The zero-order valence-electron chi connectivity index (χ0n) is 11.6. The maximum atomic E-state index is 11.9. The second-order valence-electron chi connectivity index (χ2n) is 4.97. The van der Waals surface area contributed by atoms with Gasteiger partial charge in [-0.1, -0.05) is 28.1 Å². The van der Waals surface area contributed by atoms with E-state index in [2.05, 4.69) is 26.6 Å². The Balaban J connectivity index is 2.80. The van der Waals surface area contributed by atoms with Crippen LogP contribution < -0.4 is 10.6 Å². The number of hydrogen-bond donors (Lipinski definition) is 2. The maximum Gasteiger partial charge on any atom is 0.236 e. The number of alkyl halides is 1. The van der Waals surface area contributed by atoms with Crippen molar-refractivity contribution < 1.29 is 9.59 Å². The van der Waals surface area contributed by atoms with Gasteiger partial charge in [0.2, 0.25) is 11.8 Å². The Hall–Kier alpha value is -1.36. The summed E-state index contributed by atoms with van der Waals surface area (Å²) in [6.07, 6.45) is 0. The van der Waals surface area contributed by atoms with Gasteiger partial charge in [0.1, 0.15) is 0 Å². The first-order chi connectivity index (χ1) is 8.70. The molecule has 4 nitrogen and oxygen atoms in total. The average Bonchev–Trinajstić information content (AvgIpc) is 2.27. The molecule has 1 aromatic carbocycles. The normalized spacial score (nSPS) is 12.7. The number of halogens is 1. The smallest absolute Gasteiger partial charge is 0.236 e. The molecule has 0 aliphatic heterocycles. The first kappa shape index (κ1) is 15.7. The van der Waals surface area contributed by atoms with Crippen molar-refractivity contribution in [2.75, 3.05) is 5.32 Å². The van der Waals surface area contributed by atoms with Gasteiger partial charge < -0.3 is 10.6 Å². The van der Waals surface area contributed by atoms with Crippen molar-refractivity contribution in [1.29, 1.82) is 0 Å². The number of hydrogen-bond acceptors (Lipinski definition) is 2. The van der Waals surface area contributed by atoms with E-state index in [0.717, 1.165) is 11.3 Å². The van der Waals surface area contributed by atoms with Crippen molar-refractivity contribution in [3.63, 3.8) is 0 Å². The first-order valence-electron chi connectivity index (χ1n) is 6.07. The summed E-state index contributed by atoms with van der Waals surface area (Å²) in [5, 5.41) is 5.64.